The Morgan fingerprint density at radius 3 is 2.88 bits per heavy atom. The van der Waals surface area contributed by atoms with E-state index in [0.29, 0.717) is 6.04 Å². The molecule has 0 heterocycles. The first-order valence-corrected chi connectivity index (χ1v) is 8.40. The van der Waals surface area contributed by atoms with Gasteiger partial charge < -0.3 is 5.32 Å². The molecule has 1 aliphatic rings. The standard InChI is InChI=1S/C14H27NOS/c1-11-7-12(2)9-14(8-11)10-15-13(3)5-6-17(4)16/h7,11,13-15H,5-6,8-10H2,1-4H3. The molecule has 3 heteroatoms. The Morgan fingerprint density at radius 2 is 2.29 bits per heavy atom. The summed E-state index contributed by atoms with van der Waals surface area (Å²) in [6.07, 6.45) is 7.74. The van der Waals surface area contributed by atoms with Crippen LogP contribution < -0.4 is 5.32 Å². The number of allylic oxidation sites excluding steroid dienone is 2. The van der Waals surface area contributed by atoms with E-state index in [9.17, 15) is 4.21 Å². The van der Waals surface area contributed by atoms with E-state index in [1.165, 1.54) is 18.4 Å². The van der Waals surface area contributed by atoms with Crippen LogP contribution in [0.3, 0.4) is 0 Å². The molecule has 0 aromatic heterocycles. The third-order valence-electron chi connectivity index (χ3n) is 3.48. The molecule has 0 saturated heterocycles. The summed E-state index contributed by atoms with van der Waals surface area (Å²) in [5.74, 6) is 2.33. The third-order valence-corrected chi connectivity index (χ3v) is 4.29. The van der Waals surface area contributed by atoms with Crippen LogP contribution in [0.1, 0.15) is 40.0 Å². The van der Waals surface area contributed by atoms with Gasteiger partial charge in [-0.1, -0.05) is 18.6 Å². The van der Waals surface area contributed by atoms with Crippen LogP contribution in [0.15, 0.2) is 11.6 Å². The minimum atomic E-state index is -0.655. The van der Waals surface area contributed by atoms with E-state index in [4.69, 9.17) is 0 Å². The van der Waals surface area contributed by atoms with Crippen molar-refractivity contribution >= 4 is 10.8 Å². The maximum absolute atomic E-state index is 11.0. The summed E-state index contributed by atoms with van der Waals surface area (Å²) in [5.41, 5.74) is 1.54. The molecule has 0 amide bonds. The topological polar surface area (TPSA) is 29.1 Å². The van der Waals surface area contributed by atoms with Crippen molar-refractivity contribution in [3.63, 3.8) is 0 Å². The maximum atomic E-state index is 11.0. The van der Waals surface area contributed by atoms with Crippen LogP contribution in [0.2, 0.25) is 0 Å². The van der Waals surface area contributed by atoms with E-state index in [-0.39, 0.29) is 0 Å². The van der Waals surface area contributed by atoms with Crippen molar-refractivity contribution < 1.29 is 4.21 Å². The molecule has 0 aromatic carbocycles. The monoisotopic (exact) mass is 257 g/mol. The summed E-state index contributed by atoms with van der Waals surface area (Å²) in [5, 5.41) is 3.59. The van der Waals surface area contributed by atoms with Crippen molar-refractivity contribution in [3.05, 3.63) is 11.6 Å². The molecular weight excluding hydrogens is 230 g/mol. The zero-order valence-corrected chi connectivity index (χ0v) is 12.5. The molecule has 0 aliphatic heterocycles. The van der Waals surface area contributed by atoms with Gasteiger partial charge >= 0.3 is 0 Å². The molecule has 4 unspecified atom stereocenters. The van der Waals surface area contributed by atoms with E-state index in [2.05, 4.69) is 32.2 Å². The van der Waals surface area contributed by atoms with E-state index in [0.717, 1.165) is 30.6 Å². The lowest BCUT2D eigenvalue weighted by Crippen LogP contribution is -2.33. The second-order valence-electron chi connectivity index (χ2n) is 5.67. The van der Waals surface area contributed by atoms with Crippen LogP contribution in [0.4, 0.5) is 0 Å². The van der Waals surface area contributed by atoms with E-state index >= 15 is 0 Å². The van der Waals surface area contributed by atoms with Gasteiger partial charge in [0.15, 0.2) is 0 Å². The highest BCUT2D eigenvalue weighted by molar-refractivity contribution is 7.84. The van der Waals surface area contributed by atoms with Crippen molar-refractivity contribution in [2.45, 2.75) is 46.1 Å². The van der Waals surface area contributed by atoms with Crippen molar-refractivity contribution in [3.8, 4) is 0 Å². The lowest BCUT2D eigenvalue weighted by Gasteiger charge is -2.27. The van der Waals surface area contributed by atoms with E-state index in [1.54, 1.807) is 6.26 Å². The number of rotatable bonds is 6. The normalized spacial score (nSPS) is 28.6. The summed E-state index contributed by atoms with van der Waals surface area (Å²) in [6.45, 7) is 7.85. The van der Waals surface area contributed by atoms with Crippen LogP contribution >= 0.6 is 0 Å². The molecule has 17 heavy (non-hydrogen) atoms. The summed E-state index contributed by atoms with van der Waals surface area (Å²) in [7, 11) is -0.655. The van der Waals surface area contributed by atoms with Crippen molar-refractivity contribution in [2.24, 2.45) is 11.8 Å². The van der Waals surface area contributed by atoms with Crippen LogP contribution in [0.25, 0.3) is 0 Å². The second-order valence-corrected chi connectivity index (χ2v) is 7.23. The molecule has 1 N–H and O–H groups in total. The molecule has 0 fully saturated rings. The minimum Gasteiger partial charge on any atom is -0.314 e. The SMILES string of the molecule is CC1=CC(C)CC(CNC(C)CCS(C)=O)C1. The van der Waals surface area contributed by atoms with Crippen molar-refractivity contribution in [1.82, 2.24) is 5.32 Å². The molecule has 0 bridgehead atoms. The Hall–Kier alpha value is -0.150. The van der Waals surface area contributed by atoms with Crippen LogP contribution in [0, 0.1) is 11.8 Å². The lowest BCUT2D eigenvalue weighted by molar-refractivity contribution is 0.362. The van der Waals surface area contributed by atoms with Crippen molar-refractivity contribution in [1.29, 1.82) is 0 Å². The molecule has 1 rings (SSSR count). The molecule has 2 nitrogen and oxygen atoms in total. The highest BCUT2D eigenvalue weighted by Crippen LogP contribution is 2.27. The van der Waals surface area contributed by atoms with Gasteiger partial charge in [-0.3, -0.25) is 4.21 Å². The predicted molar refractivity (Wildman–Crippen MR) is 76.7 cm³/mol. The Bertz CT molecular complexity index is 288. The highest BCUT2D eigenvalue weighted by Gasteiger charge is 2.18. The summed E-state index contributed by atoms with van der Waals surface area (Å²) < 4.78 is 11.0. The quantitative estimate of drug-likeness (QED) is 0.741. The van der Waals surface area contributed by atoms with Gasteiger partial charge in [-0.2, -0.15) is 0 Å². The average Bonchev–Trinajstić information content (AvgIpc) is 2.22. The fraction of sp³-hybridized carbons (Fsp3) is 0.857. The first kappa shape index (κ1) is 14.9. The van der Waals surface area contributed by atoms with Gasteiger partial charge in [0.25, 0.3) is 0 Å². The number of hydrogen-bond donors (Lipinski definition) is 1. The third kappa shape index (κ3) is 6.37. The first-order chi connectivity index (χ1) is 7.97. The molecule has 0 radical (unpaired) electrons. The minimum absolute atomic E-state index is 0.486. The molecule has 100 valence electrons. The van der Waals surface area contributed by atoms with Gasteiger partial charge in [0.05, 0.1) is 0 Å². The smallest absolute Gasteiger partial charge is 0.0246 e. The number of hydrogen-bond acceptors (Lipinski definition) is 2. The Kier molecular flexibility index (Phi) is 6.42. The molecule has 0 saturated carbocycles. The Balaban J connectivity index is 2.22. The fourth-order valence-electron chi connectivity index (χ4n) is 2.65. The predicted octanol–water partition coefficient (Wildman–Crippen LogP) is 2.73. The molecule has 1 aliphatic carbocycles. The molecule has 0 aromatic rings. The number of nitrogens with one attached hydrogen (secondary N) is 1. The zero-order chi connectivity index (χ0) is 12.8. The lowest BCUT2D eigenvalue weighted by atomic mass is 9.83. The van der Waals surface area contributed by atoms with E-state index < -0.39 is 10.8 Å². The summed E-state index contributed by atoms with van der Waals surface area (Å²) in [4.78, 5) is 0. The second kappa shape index (κ2) is 7.32. The highest BCUT2D eigenvalue weighted by atomic mass is 32.2. The van der Waals surface area contributed by atoms with Crippen molar-refractivity contribution in [2.75, 3.05) is 18.6 Å². The average molecular weight is 257 g/mol. The van der Waals surface area contributed by atoms with Gasteiger partial charge in [0, 0.05) is 28.9 Å². The molecule has 0 spiro atoms. The van der Waals surface area contributed by atoms with Gasteiger partial charge in [0.1, 0.15) is 0 Å². The summed E-state index contributed by atoms with van der Waals surface area (Å²) >= 11 is 0. The van der Waals surface area contributed by atoms with E-state index in [1.807, 2.05) is 0 Å². The van der Waals surface area contributed by atoms with Crippen LogP contribution in [-0.4, -0.2) is 28.8 Å². The van der Waals surface area contributed by atoms with Gasteiger partial charge in [0.2, 0.25) is 0 Å². The van der Waals surface area contributed by atoms with Gasteiger partial charge in [-0.15, -0.1) is 0 Å². The van der Waals surface area contributed by atoms with Gasteiger partial charge in [-0.05, 0) is 51.5 Å². The Morgan fingerprint density at radius 1 is 1.59 bits per heavy atom. The summed E-state index contributed by atoms with van der Waals surface area (Å²) in [6, 6.07) is 0.486. The molecule has 4 atom stereocenters. The van der Waals surface area contributed by atoms with Crippen LogP contribution in [-0.2, 0) is 10.8 Å². The first-order valence-electron chi connectivity index (χ1n) is 6.68. The Labute approximate surface area is 109 Å². The van der Waals surface area contributed by atoms with Gasteiger partial charge in [-0.25, -0.2) is 0 Å². The van der Waals surface area contributed by atoms with Crippen LogP contribution in [0.5, 0.6) is 0 Å². The maximum Gasteiger partial charge on any atom is 0.0246 e. The molecular formula is C14H27NOS. The fourth-order valence-corrected chi connectivity index (χ4v) is 3.34. The largest absolute Gasteiger partial charge is 0.314 e. The zero-order valence-electron chi connectivity index (χ0n) is 11.7.